The number of nitrogens with zero attached hydrogens (tertiary/aromatic N) is 3. The van der Waals surface area contributed by atoms with Gasteiger partial charge in [0.05, 0.1) is 17.6 Å². The summed E-state index contributed by atoms with van der Waals surface area (Å²) in [7, 11) is 2.05. The summed E-state index contributed by atoms with van der Waals surface area (Å²) in [6.07, 6.45) is 2.86. The lowest BCUT2D eigenvalue weighted by Gasteiger charge is -2.08. The highest BCUT2D eigenvalue weighted by Gasteiger charge is 2.17. The Kier molecular flexibility index (Phi) is 1.31. The van der Waals surface area contributed by atoms with Crippen LogP contribution in [0.1, 0.15) is 11.4 Å². The molecular formula is C8H11N3. The van der Waals surface area contributed by atoms with Crippen LogP contribution < -0.4 is 4.90 Å². The third kappa shape index (κ3) is 0.964. The average molecular weight is 149 g/mol. The van der Waals surface area contributed by atoms with Crippen molar-refractivity contribution < 1.29 is 0 Å². The van der Waals surface area contributed by atoms with Gasteiger partial charge < -0.3 is 4.90 Å². The maximum absolute atomic E-state index is 4.40. The number of rotatable bonds is 0. The maximum Gasteiger partial charge on any atom is 0.150 e. The van der Waals surface area contributed by atoms with Crippen LogP contribution in [0.25, 0.3) is 0 Å². The lowest BCUT2D eigenvalue weighted by Crippen LogP contribution is -2.13. The molecule has 0 bridgehead atoms. The number of likely N-dealkylation sites (N-methyl/N-ethyl adjacent to an activating group) is 1. The van der Waals surface area contributed by atoms with E-state index < -0.39 is 0 Å². The largest absolute Gasteiger partial charge is 0.358 e. The first kappa shape index (κ1) is 6.58. The van der Waals surface area contributed by atoms with Crippen molar-refractivity contribution >= 4 is 5.82 Å². The molecule has 0 aliphatic carbocycles. The van der Waals surface area contributed by atoms with Gasteiger partial charge in [0.2, 0.25) is 0 Å². The summed E-state index contributed by atoms with van der Waals surface area (Å²) in [5.41, 5.74) is 2.16. The fourth-order valence-corrected chi connectivity index (χ4v) is 1.39. The smallest absolute Gasteiger partial charge is 0.150 e. The monoisotopic (exact) mass is 149 g/mol. The van der Waals surface area contributed by atoms with E-state index in [0.29, 0.717) is 0 Å². The molecule has 3 nitrogen and oxygen atoms in total. The van der Waals surface area contributed by atoms with Crippen molar-refractivity contribution in [3.63, 3.8) is 0 Å². The molecule has 0 aromatic carbocycles. The van der Waals surface area contributed by atoms with Gasteiger partial charge in [-0.05, 0) is 6.92 Å². The van der Waals surface area contributed by atoms with E-state index in [-0.39, 0.29) is 0 Å². The molecule has 2 heterocycles. The Balaban J connectivity index is 2.50. The van der Waals surface area contributed by atoms with E-state index in [1.54, 1.807) is 0 Å². The van der Waals surface area contributed by atoms with Crippen molar-refractivity contribution in [1.82, 2.24) is 9.97 Å². The summed E-state index contributed by atoms with van der Waals surface area (Å²) in [6.45, 7) is 3.03. The lowest BCUT2D eigenvalue weighted by molar-refractivity contribution is 0.937. The van der Waals surface area contributed by atoms with Crippen molar-refractivity contribution in [3.05, 3.63) is 17.6 Å². The zero-order valence-corrected chi connectivity index (χ0v) is 6.83. The van der Waals surface area contributed by atoms with Gasteiger partial charge in [0, 0.05) is 20.0 Å². The first-order valence-corrected chi connectivity index (χ1v) is 3.81. The van der Waals surface area contributed by atoms with Gasteiger partial charge in [0.1, 0.15) is 5.82 Å². The minimum absolute atomic E-state index is 1.01. The topological polar surface area (TPSA) is 29.0 Å². The van der Waals surface area contributed by atoms with E-state index in [1.807, 2.05) is 13.1 Å². The molecule has 1 aliphatic heterocycles. The highest BCUT2D eigenvalue weighted by Crippen LogP contribution is 2.21. The van der Waals surface area contributed by atoms with E-state index >= 15 is 0 Å². The van der Waals surface area contributed by atoms with E-state index in [1.165, 1.54) is 0 Å². The molecule has 1 aliphatic rings. The quantitative estimate of drug-likeness (QED) is 0.545. The van der Waals surface area contributed by atoms with Gasteiger partial charge in [-0.1, -0.05) is 0 Å². The highest BCUT2D eigenvalue weighted by molar-refractivity contribution is 5.47. The third-order valence-corrected chi connectivity index (χ3v) is 1.99. The lowest BCUT2D eigenvalue weighted by atomic mass is 10.3. The Morgan fingerprint density at radius 2 is 2.36 bits per heavy atom. The Hall–Kier alpha value is -1.12. The summed E-state index contributed by atoms with van der Waals surface area (Å²) in [4.78, 5) is 10.8. The normalized spacial score (nSPS) is 15.3. The van der Waals surface area contributed by atoms with Crippen molar-refractivity contribution in [2.45, 2.75) is 13.3 Å². The molecule has 11 heavy (non-hydrogen) atoms. The van der Waals surface area contributed by atoms with E-state index in [4.69, 9.17) is 0 Å². The van der Waals surface area contributed by atoms with Gasteiger partial charge in [-0.3, -0.25) is 4.98 Å². The van der Waals surface area contributed by atoms with E-state index in [2.05, 4.69) is 21.9 Å². The molecule has 0 unspecified atom stereocenters. The summed E-state index contributed by atoms with van der Waals surface area (Å²) < 4.78 is 0. The molecule has 0 radical (unpaired) electrons. The molecule has 0 fully saturated rings. The minimum Gasteiger partial charge on any atom is -0.358 e. The predicted molar refractivity (Wildman–Crippen MR) is 43.7 cm³/mol. The minimum atomic E-state index is 1.01. The molecule has 0 spiro atoms. The number of fused-ring (bicyclic) bond motifs is 1. The van der Waals surface area contributed by atoms with E-state index in [9.17, 15) is 0 Å². The average Bonchev–Trinajstić information content (AvgIpc) is 2.32. The van der Waals surface area contributed by atoms with Gasteiger partial charge >= 0.3 is 0 Å². The Bertz CT molecular complexity index is 283. The van der Waals surface area contributed by atoms with Crippen LogP contribution >= 0.6 is 0 Å². The molecule has 0 amide bonds. The molecule has 0 atom stereocenters. The Labute approximate surface area is 66.1 Å². The number of hydrogen-bond donors (Lipinski definition) is 0. The van der Waals surface area contributed by atoms with Crippen LogP contribution in [0.2, 0.25) is 0 Å². The van der Waals surface area contributed by atoms with Crippen LogP contribution in [-0.2, 0) is 6.42 Å². The fourth-order valence-electron chi connectivity index (χ4n) is 1.39. The molecule has 3 heteroatoms. The van der Waals surface area contributed by atoms with Crippen molar-refractivity contribution in [2.75, 3.05) is 18.5 Å². The second-order valence-electron chi connectivity index (χ2n) is 2.95. The second-order valence-corrected chi connectivity index (χ2v) is 2.95. The van der Waals surface area contributed by atoms with E-state index in [0.717, 1.165) is 30.2 Å². The highest BCUT2D eigenvalue weighted by atomic mass is 15.2. The van der Waals surface area contributed by atoms with Gasteiger partial charge in [0.15, 0.2) is 0 Å². The number of aromatic nitrogens is 2. The maximum atomic E-state index is 4.40. The van der Waals surface area contributed by atoms with Crippen LogP contribution in [0.3, 0.4) is 0 Å². The molecule has 1 aromatic heterocycles. The van der Waals surface area contributed by atoms with Crippen LogP contribution in [0.5, 0.6) is 0 Å². The number of anilines is 1. The van der Waals surface area contributed by atoms with Crippen molar-refractivity contribution in [2.24, 2.45) is 0 Å². The summed E-state index contributed by atoms with van der Waals surface area (Å²) >= 11 is 0. The number of hydrogen-bond acceptors (Lipinski definition) is 3. The van der Waals surface area contributed by atoms with Crippen molar-refractivity contribution in [1.29, 1.82) is 0 Å². The van der Waals surface area contributed by atoms with Crippen LogP contribution in [-0.4, -0.2) is 23.6 Å². The van der Waals surface area contributed by atoms with Gasteiger partial charge in [0.25, 0.3) is 0 Å². The summed E-state index contributed by atoms with van der Waals surface area (Å²) in [6, 6.07) is 0. The molecule has 1 aromatic rings. The third-order valence-electron chi connectivity index (χ3n) is 1.99. The molecule has 0 saturated carbocycles. The first-order valence-electron chi connectivity index (χ1n) is 3.81. The van der Waals surface area contributed by atoms with Crippen LogP contribution in [0.4, 0.5) is 5.82 Å². The molecular weight excluding hydrogens is 138 g/mol. The van der Waals surface area contributed by atoms with Crippen LogP contribution in [0.15, 0.2) is 6.20 Å². The molecule has 0 saturated heterocycles. The molecule has 2 rings (SSSR count). The van der Waals surface area contributed by atoms with Crippen molar-refractivity contribution in [3.8, 4) is 0 Å². The van der Waals surface area contributed by atoms with Gasteiger partial charge in [-0.2, -0.15) is 0 Å². The van der Waals surface area contributed by atoms with Gasteiger partial charge in [-0.25, -0.2) is 4.98 Å². The SMILES string of the molecule is Cc1cnc2c(n1)CCN2C. The van der Waals surface area contributed by atoms with Crippen LogP contribution in [0, 0.1) is 6.92 Å². The Morgan fingerprint density at radius 3 is 3.18 bits per heavy atom. The standard InChI is InChI=1S/C8H11N3/c1-6-5-9-8-7(10-6)3-4-11(8)2/h5H,3-4H2,1-2H3. The molecule has 0 N–H and O–H groups in total. The van der Waals surface area contributed by atoms with Gasteiger partial charge in [-0.15, -0.1) is 0 Å². The molecule has 58 valence electrons. The first-order chi connectivity index (χ1) is 5.27. The summed E-state index contributed by atoms with van der Waals surface area (Å²) in [5, 5.41) is 0. The predicted octanol–water partition coefficient (Wildman–Crippen LogP) is 0.777. The second kappa shape index (κ2) is 2.19. The summed E-state index contributed by atoms with van der Waals surface area (Å²) in [5.74, 6) is 1.05. The number of aryl methyl sites for hydroxylation is 1. The Morgan fingerprint density at radius 1 is 1.55 bits per heavy atom. The zero-order chi connectivity index (χ0) is 7.84. The fraction of sp³-hybridized carbons (Fsp3) is 0.500. The zero-order valence-electron chi connectivity index (χ0n) is 6.83.